The van der Waals surface area contributed by atoms with Crippen LogP contribution in [-0.4, -0.2) is 54.6 Å². The van der Waals surface area contributed by atoms with E-state index in [9.17, 15) is 9.90 Å². The molecule has 3 heterocycles. The fraction of sp³-hybridized carbons (Fsp3) is 0.400. The van der Waals surface area contributed by atoms with Crippen molar-refractivity contribution >= 4 is 28.6 Å². The Morgan fingerprint density at radius 2 is 1.91 bits per heavy atom. The summed E-state index contributed by atoms with van der Waals surface area (Å²) in [4.78, 5) is 18.4. The van der Waals surface area contributed by atoms with Gasteiger partial charge in [-0.3, -0.25) is 0 Å². The first kappa shape index (κ1) is 27.7. The SMILES string of the molecule is COCCOc1cc(C(=O)O)nc2ccc(N3CCC4(CC3)CC(=Cc3c(-c5ccccc5C)noc3C3CC3)C4)cc12. The average molecular weight is 580 g/mol. The van der Waals surface area contributed by atoms with E-state index in [4.69, 9.17) is 14.0 Å². The van der Waals surface area contributed by atoms with Crippen LogP contribution in [0.3, 0.4) is 0 Å². The summed E-state index contributed by atoms with van der Waals surface area (Å²) in [5.41, 5.74) is 8.10. The van der Waals surface area contributed by atoms with E-state index in [1.54, 1.807) is 7.11 Å². The number of hydrogen-bond donors (Lipinski definition) is 1. The zero-order valence-electron chi connectivity index (χ0n) is 24.8. The van der Waals surface area contributed by atoms with E-state index in [-0.39, 0.29) is 5.69 Å². The molecule has 4 aromatic rings. The predicted molar refractivity (Wildman–Crippen MR) is 166 cm³/mol. The highest BCUT2D eigenvalue weighted by Gasteiger charge is 2.43. The third-order valence-electron chi connectivity index (χ3n) is 9.36. The number of pyridine rings is 1. The number of anilines is 1. The van der Waals surface area contributed by atoms with Crippen molar-refractivity contribution < 1.29 is 23.9 Å². The molecule has 1 spiro atoms. The maximum absolute atomic E-state index is 11.6. The van der Waals surface area contributed by atoms with Crippen LogP contribution in [0.15, 0.2) is 58.6 Å². The second-order valence-corrected chi connectivity index (χ2v) is 12.4. The lowest BCUT2D eigenvalue weighted by atomic mass is 9.60. The minimum absolute atomic E-state index is 0.0251. The molecule has 8 nitrogen and oxygen atoms in total. The lowest BCUT2D eigenvalue weighted by Crippen LogP contribution is -2.44. The van der Waals surface area contributed by atoms with E-state index in [2.05, 4.69) is 58.4 Å². The number of aryl methyl sites for hydroxylation is 1. The van der Waals surface area contributed by atoms with Gasteiger partial charge in [0.15, 0.2) is 5.69 Å². The monoisotopic (exact) mass is 579 g/mol. The zero-order chi connectivity index (χ0) is 29.6. The van der Waals surface area contributed by atoms with Gasteiger partial charge in [-0.05, 0) is 80.7 Å². The molecule has 0 amide bonds. The molecule has 0 atom stereocenters. The molecule has 0 radical (unpaired) electrons. The Hall–Kier alpha value is -4.17. The van der Waals surface area contributed by atoms with E-state index in [1.807, 2.05) is 12.1 Å². The lowest BCUT2D eigenvalue weighted by molar-refractivity contribution is 0.0690. The van der Waals surface area contributed by atoms with Gasteiger partial charge in [-0.15, -0.1) is 0 Å². The third kappa shape index (κ3) is 5.40. The van der Waals surface area contributed by atoms with E-state index >= 15 is 0 Å². The van der Waals surface area contributed by atoms with Crippen molar-refractivity contribution in [2.75, 3.05) is 38.3 Å². The van der Waals surface area contributed by atoms with Crippen LogP contribution in [-0.2, 0) is 4.74 Å². The maximum Gasteiger partial charge on any atom is 0.354 e. The molecule has 3 fully saturated rings. The first-order valence-electron chi connectivity index (χ1n) is 15.2. The number of aromatic nitrogens is 2. The van der Waals surface area contributed by atoms with Crippen molar-refractivity contribution in [2.24, 2.45) is 5.41 Å². The average Bonchev–Trinajstić information content (AvgIpc) is 3.76. The number of allylic oxidation sites excluding steroid dienone is 1. The van der Waals surface area contributed by atoms with Gasteiger partial charge in [0.2, 0.25) is 0 Å². The number of piperidine rings is 1. The second-order valence-electron chi connectivity index (χ2n) is 12.4. The van der Waals surface area contributed by atoms with Gasteiger partial charge in [0.25, 0.3) is 0 Å². The fourth-order valence-corrected chi connectivity index (χ4v) is 6.78. The summed E-state index contributed by atoms with van der Waals surface area (Å²) >= 11 is 0. The molecular weight excluding hydrogens is 542 g/mol. The summed E-state index contributed by atoms with van der Waals surface area (Å²) in [6.45, 7) is 4.86. The Labute approximate surface area is 251 Å². The first-order chi connectivity index (χ1) is 20.9. The highest BCUT2D eigenvalue weighted by atomic mass is 16.5. The molecule has 1 aliphatic heterocycles. The van der Waals surface area contributed by atoms with Gasteiger partial charge in [-0.25, -0.2) is 9.78 Å². The Morgan fingerprint density at radius 1 is 1.12 bits per heavy atom. The first-order valence-corrected chi connectivity index (χ1v) is 15.2. The highest BCUT2D eigenvalue weighted by molar-refractivity contribution is 5.94. The van der Waals surface area contributed by atoms with Crippen LogP contribution in [0.2, 0.25) is 0 Å². The lowest BCUT2D eigenvalue weighted by Gasteiger charge is -2.50. The molecule has 222 valence electrons. The molecule has 1 saturated heterocycles. The van der Waals surface area contributed by atoms with Crippen LogP contribution in [0, 0.1) is 12.3 Å². The van der Waals surface area contributed by atoms with Gasteiger partial charge in [-0.2, -0.15) is 0 Å². The van der Waals surface area contributed by atoms with Crippen molar-refractivity contribution in [3.8, 4) is 17.0 Å². The summed E-state index contributed by atoms with van der Waals surface area (Å²) in [6, 6.07) is 16.0. The number of carbonyl (C=O) groups is 1. The number of ether oxygens (including phenoxy) is 2. The molecule has 0 unspecified atom stereocenters. The number of aromatic carboxylic acids is 1. The van der Waals surface area contributed by atoms with Gasteiger partial charge in [0.1, 0.15) is 23.8 Å². The fourth-order valence-electron chi connectivity index (χ4n) is 6.78. The van der Waals surface area contributed by atoms with Crippen molar-refractivity contribution in [3.63, 3.8) is 0 Å². The zero-order valence-corrected chi connectivity index (χ0v) is 24.8. The van der Waals surface area contributed by atoms with Gasteiger partial charge in [0.05, 0.1) is 12.1 Å². The number of carboxylic acids is 1. The number of benzene rings is 2. The number of nitrogens with zero attached hydrogens (tertiary/aromatic N) is 3. The van der Waals surface area contributed by atoms with Crippen LogP contribution in [0.1, 0.15) is 71.8 Å². The molecule has 1 N–H and O–H groups in total. The van der Waals surface area contributed by atoms with E-state index < -0.39 is 5.97 Å². The van der Waals surface area contributed by atoms with Crippen LogP contribution < -0.4 is 9.64 Å². The van der Waals surface area contributed by atoms with Gasteiger partial charge in [0, 0.05) is 54.4 Å². The Balaban J connectivity index is 1.07. The maximum atomic E-state index is 11.6. The van der Waals surface area contributed by atoms with Gasteiger partial charge in [-0.1, -0.05) is 35.0 Å². The van der Waals surface area contributed by atoms with E-state index in [0.717, 1.165) is 66.9 Å². The minimum atomic E-state index is -1.07. The van der Waals surface area contributed by atoms with Crippen molar-refractivity contribution in [1.82, 2.24) is 10.1 Å². The molecule has 2 aromatic heterocycles. The smallest absolute Gasteiger partial charge is 0.354 e. The molecule has 8 heteroatoms. The molecule has 43 heavy (non-hydrogen) atoms. The summed E-state index contributed by atoms with van der Waals surface area (Å²) in [5.74, 6) is 1.02. The summed E-state index contributed by atoms with van der Waals surface area (Å²) in [7, 11) is 1.61. The molecule has 0 bridgehead atoms. The molecular formula is C35H37N3O5. The number of rotatable bonds is 9. The number of fused-ring (bicyclic) bond motifs is 1. The van der Waals surface area contributed by atoms with Crippen LogP contribution in [0.4, 0.5) is 5.69 Å². The predicted octanol–water partition coefficient (Wildman–Crippen LogP) is 7.26. The Kier molecular flexibility index (Phi) is 7.17. The van der Waals surface area contributed by atoms with Crippen LogP contribution in [0.25, 0.3) is 28.2 Å². The summed E-state index contributed by atoms with van der Waals surface area (Å²) in [5, 5.41) is 14.9. The third-order valence-corrected chi connectivity index (χ3v) is 9.36. The number of methoxy groups -OCH3 is 1. The van der Waals surface area contributed by atoms with Crippen LogP contribution >= 0.6 is 0 Å². The molecule has 3 aliphatic rings. The molecule has 2 aromatic carbocycles. The second kappa shape index (κ2) is 11.2. The minimum Gasteiger partial charge on any atom is -0.490 e. The number of carboxylic acid groups (broad SMARTS) is 1. The van der Waals surface area contributed by atoms with E-state index in [0.29, 0.717) is 35.8 Å². The quantitative estimate of drug-likeness (QED) is 0.207. The van der Waals surface area contributed by atoms with Crippen molar-refractivity contribution in [3.05, 3.63) is 76.7 Å². The Bertz CT molecular complexity index is 1700. The summed E-state index contributed by atoms with van der Waals surface area (Å²) < 4.78 is 17.0. The van der Waals surface area contributed by atoms with Crippen molar-refractivity contribution in [1.29, 1.82) is 0 Å². The standard InChI is InChI=1S/C35H37N3O5/c1-22-5-3-4-6-26(22)32-28(33(43-37-32)24-7-8-24)17-23-20-35(21-23)11-13-38(14-12-35)25-9-10-29-27(18-25)31(42-16-15-41-2)19-30(36-29)34(39)40/h3-6,9-10,17-19,24H,7-8,11-16,20-21H2,1-2H3,(H,39,40). The molecule has 7 rings (SSSR count). The molecule has 2 saturated carbocycles. The highest BCUT2D eigenvalue weighted by Crippen LogP contribution is 2.54. The normalized spacial score (nSPS) is 17.7. The topological polar surface area (TPSA) is 97.9 Å². The van der Waals surface area contributed by atoms with Crippen molar-refractivity contribution in [2.45, 2.75) is 51.4 Å². The van der Waals surface area contributed by atoms with E-state index in [1.165, 1.54) is 35.6 Å². The largest absolute Gasteiger partial charge is 0.490 e. The van der Waals surface area contributed by atoms with Gasteiger partial charge < -0.3 is 24.0 Å². The van der Waals surface area contributed by atoms with Gasteiger partial charge >= 0.3 is 5.97 Å². The number of hydrogen-bond acceptors (Lipinski definition) is 7. The summed E-state index contributed by atoms with van der Waals surface area (Å²) in [6.07, 6.45) is 9.28. The Morgan fingerprint density at radius 3 is 2.63 bits per heavy atom. The molecule has 2 aliphatic carbocycles. The van der Waals surface area contributed by atoms with Crippen LogP contribution in [0.5, 0.6) is 5.75 Å².